The molecular weight excluding hydrogens is 240 g/mol. The number of hydrogen-bond acceptors (Lipinski definition) is 3. The number of hydrogen-bond donors (Lipinski definition) is 1. The fraction of sp³-hybridized carbons (Fsp3) is 0.600. The summed E-state index contributed by atoms with van der Waals surface area (Å²) < 4.78 is 0. The number of nitrogens with one attached hydrogen (secondary N) is 1. The number of nitro groups is 1. The number of nitro benzene ring substituents is 1. The highest BCUT2D eigenvalue weighted by Gasteiger charge is 2.24. The lowest BCUT2D eigenvalue weighted by Gasteiger charge is -2.29. The first-order chi connectivity index (χ1) is 8.88. The van der Waals surface area contributed by atoms with E-state index in [1.54, 1.807) is 12.1 Å². The molecular formula is C15H24N2O2. The molecule has 0 aliphatic heterocycles. The molecule has 0 spiro atoms. The molecule has 106 valence electrons. The first kappa shape index (κ1) is 15.6. The third kappa shape index (κ3) is 3.77. The van der Waals surface area contributed by atoms with Gasteiger partial charge in [0.25, 0.3) is 5.69 Å². The molecule has 4 heteroatoms. The predicted octanol–water partition coefficient (Wildman–Crippen LogP) is 3.64. The van der Waals surface area contributed by atoms with E-state index in [0.717, 1.165) is 12.1 Å². The molecule has 0 fully saturated rings. The van der Waals surface area contributed by atoms with Crippen LogP contribution in [0.3, 0.4) is 0 Å². The molecule has 0 saturated carbocycles. The van der Waals surface area contributed by atoms with Crippen LogP contribution >= 0.6 is 0 Å². The van der Waals surface area contributed by atoms with Crippen LogP contribution in [0.4, 0.5) is 5.69 Å². The number of non-ortho nitro benzene ring substituents is 1. The Morgan fingerprint density at radius 1 is 1.32 bits per heavy atom. The van der Waals surface area contributed by atoms with Crippen molar-refractivity contribution in [1.29, 1.82) is 0 Å². The van der Waals surface area contributed by atoms with Gasteiger partial charge in [-0.05, 0) is 37.4 Å². The van der Waals surface area contributed by atoms with Crippen LogP contribution in [0.5, 0.6) is 0 Å². The van der Waals surface area contributed by atoms with Crippen molar-refractivity contribution in [3.8, 4) is 0 Å². The molecule has 0 radical (unpaired) electrons. The quantitative estimate of drug-likeness (QED) is 0.630. The van der Waals surface area contributed by atoms with Crippen LogP contribution in [0.2, 0.25) is 0 Å². The smallest absolute Gasteiger partial charge is 0.269 e. The van der Waals surface area contributed by atoms with E-state index in [4.69, 9.17) is 0 Å². The molecule has 0 amide bonds. The summed E-state index contributed by atoms with van der Waals surface area (Å²) in [7, 11) is 0. The number of benzene rings is 1. The predicted molar refractivity (Wildman–Crippen MR) is 78.6 cm³/mol. The Morgan fingerprint density at radius 2 is 1.95 bits per heavy atom. The van der Waals surface area contributed by atoms with Crippen molar-refractivity contribution in [2.24, 2.45) is 5.92 Å². The second kappa shape index (κ2) is 6.66. The van der Waals surface area contributed by atoms with Gasteiger partial charge in [0.15, 0.2) is 0 Å². The molecule has 1 N–H and O–H groups in total. The molecule has 0 bridgehead atoms. The molecule has 19 heavy (non-hydrogen) atoms. The van der Waals surface area contributed by atoms with Gasteiger partial charge < -0.3 is 5.32 Å². The van der Waals surface area contributed by atoms with Crippen molar-refractivity contribution in [1.82, 2.24) is 5.32 Å². The number of nitrogens with zero attached hydrogens (tertiary/aromatic N) is 1. The summed E-state index contributed by atoms with van der Waals surface area (Å²) in [5.41, 5.74) is 2.37. The van der Waals surface area contributed by atoms with Crippen molar-refractivity contribution < 1.29 is 4.92 Å². The van der Waals surface area contributed by atoms with Crippen LogP contribution in [0.25, 0.3) is 0 Å². The average molecular weight is 264 g/mol. The van der Waals surface area contributed by atoms with E-state index in [-0.39, 0.29) is 10.6 Å². The molecule has 1 aromatic rings. The molecule has 0 heterocycles. The standard InChI is InChI=1S/C15H24N2O2/c1-6-16-12(5)15(10(2)3)14-8-7-13(17(18)19)9-11(14)4/h7-10,12,15-16H,6H2,1-5H3. The minimum Gasteiger partial charge on any atom is -0.314 e. The number of likely N-dealkylation sites (N-methyl/N-ethyl adjacent to an activating group) is 1. The van der Waals surface area contributed by atoms with E-state index in [9.17, 15) is 10.1 Å². The van der Waals surface area contributed by atoms with Crippen LogP contribution in [0.1, 0.15) is 44.7 Å². The molecule has 0 aliphatic carbocycles. The third-order valence-corrected chi connectivity index (χ3v) is 3.61. The Morgan fingerprint density at radius 3 is 2.37 bits per heavy atom. The highest BCUT2D eigenvalue weighted by molar-refractivity contribution is 5.41. The zero-order valence-electron chi connectivity index (χ0n) is 12.4. The summed E-state index contributed by atoms with van der Waals surface area (Å²) in [6.45, 7) is 11.5. The van der Waals surface area contributed by atoms with Crippen LogP contribution in [-0.2, 0) is 0 Å². The summed E-state index contributed by atoms with van der Waals surface area (Å²) in [5, 5.41) is 14.3. The second-order valence-electron chi connectivity index (χ2n) is 5.41. The van der Waals surface area contributed by atoms with E-state index in [2.05, 4.69) is 33.0 Å². The summed E-state index contributed by atoms with van der Waals surface area (Å²) in [6.07, 6.45) is 0. The van der Waals surface area contributed by atoms with Crippen molar-refractivity contribution in [3.63, 3.8) is 0 Å². The molecule has 0 aliphatic rings. The highest BCUT2D eigenvalue weighted by Crippen LogP contribution is 2.32. The first-order valence-corrected chi connectivity index (χ1v) is 6.86. The first-order valence-electron chi connectivity index (χ1n) is 6.86. The van der Waals surface area contributed by atoms with Crippen molar-refractivity contribution in [2.45, 2.75) is 46.6 Å². The molecule has 0 saturated heterocycles. The van der Waals surface area contributed by atoms with Crippen LogP contribution in [0, 0.1) is 23.0 Å². The SMILES string of the molecule is CCNC(C)C(c1ccc([N+](=O)[O-])cc1C)C(C)C. The topological polar surface area (TPSA) is 55.2 Å². The molecule has 2 atom stereocenters. The minimum absolute atomic E-state index is 0.167. The van der Waals surface area contributed by atoms with Crippen LogP contribution < -0.4 is 5.32 Å². The Balaban J connectivity index is 3.13. The Labute approximate surface area is 115 Å². The molecule has 1 rings (SSSR count). The van der Waals surface area contributed by atoms with Gasteiger partial charge in [0.2, 0.25) is 0 Å². The summed E-state index contributed by atoms with van der Waals surface area (Å²) in [4.78, 5) is 10.5. The van der Waals surface area contributed by atoms with Gasteiger partial charge >= 0.3 is 0 Å². The fourth-order valence-corrected chi connectivity index (χ4v) is 2.80. The maximum atomic E-state index is 10.8. The van der Waals surface area contributed by atoms with Gasteiger partial charge in [-0.25, -0.2) is 0 Å². The number of rotatable bonds is 6. The Hall–Kier alpha value is -1.42. The van der Waals surface area contributed by atoms with Gasteiger partial charge in [-0.2, -0.15) is 0 Å². The largest absolute Gasteiger partial charge is 0.314 e. The van der Waals surface area contributed by atoms with Crippen LogP contribution in [0.15, 0.2) is 18.2 Å². The second-order valence-corrected chi connectivity index (χ2v) is 5.41. The maximum Gasteiger partial charge on any atom is 0.269 e. The normalized spacial score (nSPS) is 14.4. The summed E-state index contributed by atoms with van der Waals surface area (Å²) >= 11 is 0. The summed E-state index contributed by atoms with van der Waals surface area (Å²) in [6, 6.07) is 5.54. The van der Waals surface area contributed by atoms with E-state index < -0.39 is 0 Å². The molecule has 0 aromatic heterocycles. The summed E-state index contributed by atoms with van der Waals surface area (Å²) in [5.74, 6) is 0.843. The minimum atomic E-state index is -0.338. The van der Waals surface area contributed by atoms with Crippen LogP contribution in [-0.4, -0.2) is 17.5 Å². The van der Waals surface area contributed by atoms with E-state index in [0.29, 0.717) is 17.9 Å². The maximum absolute atomic E-state index is 10.8. The average Bonchev–Trinajstić information content (AvgIpc) is 2.31. The Kier molecular flexibility index (Phi) is 5.48. The molecule has 4 nitrogen and oxygen atoms in total. The lowest BCUT2D eigenvalue weighted by molar-refractivity contribution is -0.384. The lowest BCUT2D eigenvalue weighted by Crippen LogP contribution is -2.34. The third-order valence-electron chi connectivity index (χ3n) is 3.61. The molecule has 2 unspecified atom stereocenters. The van der Waals surface area contributed by atoms with Gasteiger partial charge in [0, 0.05) is 24.1 Å². The zero-order valence-corrected chi connectivity index (χ0v) is 12.4. The monoisotopic (exact) mass is 264 g/mol. The van der Waals surface area contributed by atoms with Crippen molar-refractivity contribution >= 4 is 5.69 Å². The molecule has 1 aromatic carbocycles. The van der Waals surface area contributed by atoms with Gasteiger partial charge in [-0.1, -0.05) is 26.8 Å². The Bertz CT molecular complexity index is 444. The number of aryl methyl sites for hydroxylation is 1. The van der Waals surface area contributed by atoms with E-state index >= 15 is 0 Å². The fourth-order valence-electron chi connectivity index (χ4n) is 2.80. The van der Waals surface area contributed by atoms with E-state index in [1.165, 1.54) is 5.56 Å². The van der Waals surface area contributed by atoms with E-state index in [1.807, 2.05) is 13.0 Å². The lowest BCUT2D eigenvalue weighted by atomic mass is 9.81. The van der Waals surface area contributed by atoms with Gasteiger partial charge in [0.1, 0.15) is 0 Å². The van der Waals surface area contributed by atoms with Gasteiger partial charge in [0.05, 0.1) is 4.92 Å². The highest BCUT2D eigenvalue weighted by atomic mass is 16.6. The zero-order chi connectivity index (χ0) is 14.6. The van der Waals surface area contributed by atoms with Crippen molar-refractivity contribution in [3.05, 3.63) is 39.4 Å². The van der Waals surface area contributed by atoms with Gasteiger partial charge in [-0.3, -0.25) is 10.1 Å². The van der Waals surface area contributed by atoms with Gasteiger partial charge in [-0.15, -0.1) is 0 Å². The van der Waals surface area contributed by atoms with Crippen molar-refractivity contribution in [2.75, 3.05) is 6.54 Å².